The standard InChI is InChI=1S/C12H11ClN4O/c1-8-3-2-4-9(16-8)5-15-12(18)10-6-14-7-11(13)17-10/h2-4,6-7H,5H2,1H3,(H,15,18). The Morgan fingerprint density at radius 2 is 2.17 bits per heavy atom. The number of aryl methyl sites for hydroxylation is 1. The van der Waals surface area contributed by atoms with E-state index in [-0.39, 0.29) is 16.8 Å². The predicted molar refractivity (Wildman–Crippen MR) is 67.2 cm³/mol. The van der Waals surface area contributed by atoms with E-state index in [2.05, 4.69) is 20.3 Å². The van der Waals surface area contributed by atoms with Crippen molar-refractivity contribution < 1.29 is 4.79 Å². The van der Waals surface area contributed by atoms with Crippen molar-refractivity contribution in [3.05, 3.63) is 52.8 Å². The molecule has 0 radical (unpaired) electrons. The number of rotatable bonds is 3. The van der Waals surface area contributed by atoms with Crippen molar-refractivity contribution in [1.29, 1.82) is 0 Å². The van der Waals surface area contributed by atoms with Gasteiger partial charge in [0.1, 0.15) is 10.8 Å². The summed E-state index contributed by atoms with van der Waals surface area (Å²) >= 11 is 5.66. The Bertz CT molecular complexity index is 574. The Hall–Kier alpha value is -2.01. The van der Waals surface area contributed by atoms with E-state index in [1.165, 1.54) is 12.4 Å². The molecule has 0 aliphatic heterocycles. The van der Waals surface area contributed by atoms with E-state index in [0.717, 1.165) is 11.4 Å². The van der Waals surface area contributed by atoms with E-state index in [1.54, 1.807) is 0 Å². The zero-order chi connectivity index (χ0) is 13.0. The number of halogens is 1. The fraction of sp³-hybridized carbons (Fsp3) is 0.167. The molecule has 18 heavy (non-hydrogen) atoms. The molecule has 6 heteroatoms. The maximum Gasteiger partial charge on any atom is 0.271 e. The van der Waals surface area contributed by atoms with Gasteiger partial charge >= 0.3 is 0 Å². The molecule has 0 spiro atoms. The molecule has 5 nitrogen and oxygen atoms in total. The summed E-state index contributed by atoms with van der Waals surface area (Å²) in [7, 11) is 0. The summed E-state index contributed by atoms with van der Waals surface area (Å²) in [5, 5.41) is 2.90. The van der Waals surface area contributed by atoms with Gasteiger partial charge in [0, 0.05) is 5.69 Å². The number of carbonyl (C=O) groups is 1. The van der Waals surface area contributed by atoms with Crippen LogP contribution in [0.4, 0.5) is 0 Å². The summed E-state index contributed by atoms with van der Waals surface area (Å²) < 4.78 is 0. The number of amides is 1. The minimum absolute atomic E-state index is 0.190. The third-order valence-electron chi connectivity index (χ3n) is 2.21. The molecule has 1 N–H and O–H groups in total. The van der Waals surface area contributed by atoms with Crippen LogP contribution in [0.1, 0.15) is 21.9 Å². The topological polar surface area (TPSA) is 67.8 Å². The van der Waals surface area contributed by atoms with Gasteiger partial charge in [0.15, 0.2) is 0 Å². The van der Waals surface area contributed by atoms with Crippen LogP contribution in [0.2, 0.25) is 5.15 Å². The number of nitrogens with zero attached hydrogens (tertiary/aromatic N) is 3. The normalized spacial score (nSPS) is 10.1. The maximum absolute atomic E-state index is 11.8. The largest absolute Gasteiger partial charge is 0.345 e. The number of carbonyl (C=O) groups excluding carboxylic acids is 1. The lowest BCUT2D eigenvalue weighted by molar-refractivity contribution is 0.0945. The van der Waals surface area contributed by atoms with Crippen molar-refractivity contribution in [3.63, 3.8) is 0 Å². The van der Waals surface area contributed by atoms with E-state index in [9.17, 15) is 4.79 Å². The van der Waals surface area contributed by atoms with Gasteiger partial charge in [-0.1, -0.05) is 17.7 Å². The average Bonchev–Trinajstić information content (AvgIpc) is 2.36. The van der Waals surface area contributed by atoms with Gasteiger partial charge in [0.05, 0.1) is 24.6 Å². The highest BCUT2D eigenvalue weighted by molar-refractivity contribution is 6.29. The molecule has 2 aromatic rings. The van der Waals surface area contributed by atoms with Gasteiger partial charge in [0.25, 0.3) is 5.91 Å². The molecule has 1 amide bonds. The van der Waals surface area contributed by atoms with E-state index >= 15 is 0 Å². The fourth-order valence-electron chi connectivity index (χ4n) is 1.41. The first-order chi connectivity index (χ1) is 8.65. The summed E-state index contributed by atoms with van der Waals surface area (Å²) in [5.41, 5.74) is 1.89. The molecular formula is C12H11ClN4O. The summed E-state index contributed by atoms with van der Waals surface area (Å²) in [6.07, 6.45) is 2.74. The van der Waals surface area contributed by atoms with Crippen molar-refractivity contribution in [3.8, 4) is 0 Å². The average molecular weight is 263 g/mol. The molecule has 0 atom stereocenters. The van der Waals surface area contributed by atoms with Crippen LogP contribution in [-0.4, -0.2) is 20.9 Å². The second-order valence-corrected chi connectivity index (χ2v) is 4.07. The first-order valence-corrected chi connectivity index (χ1v) is 5.71. The van der Waals surface area contributed by atoms with Crippen LogP contribution < -0.4 is 5.32 Å². The molecule has 0 aliphatic rings. The van der Waals surface area contributed by atoms with Crippen molar-refractivity contribution >= 4 is 17.5 Å². The van der Waals surface area contributed by atoms with Crippen LogP contribution in [0.3, 0.4) is 0 Å². The van der Waals surface area contributed by atoms with Gasteiger partial charge in [0.2, 0.25) is 0 Å². The predicted octanol–water partition coefficient (Wildman–Crippen LogP) is 1.76. The van der Waals surface area contributed by atoms with Gasteiger partial charge in [-0.15, -0.1) is 0 Å². The summed E-state index contributed by atoms with van der Waals surface area (Å²) in [6.45, 7) is 2.24. The van der Waals surface area contributed by atoms with E-state index in [1.807, 2.05) is 25.1 Å². The van der Waals surface area contributed by atoms with Crippen LogP contribution in [0.5, 0.6) is 0 Å². The third-order valence-corrected chi connectivity index (χ3v) is 2.40. The fourth-order valence-corrected chi connectivity index (χ4v) is 1.56. The van der Waals surface area contributed by atoms with E-state index < -0.39 is 0 Å². The molecular weight excluding hydrogens is 252 g/mol. The van der Waals surface area contributed by atoms with Gasteiger partial charge in [-0.3, -0.25) is 14.8 Å². The second kappa shape index (κ2) is 5.55. The lowest BCUT2D eigenvalue weighted by Crippen LogP contribution is -2.24. The quantitative estimate of drug-likeness (QED) is 0.915. The lowest BCUT2D eigenvalue weighted by atomic mass is 10.3. The highest BCUT2D eigenvalue weighted by Crippen LogP contribution is 2.03. The Labute approximate surface area is 109 Å². The van der Waals surface area contributed by atoms with Crippen molar-refractivity contribution in [1.82, 2.24) is 20.3 Å². The van der Waals surface area contributed by atoms with Crippen molar-refractivity contribution in [2.45, 2.75) is 13.5 Å². The molecule has 0 aliphatic carbocycles. The molecule has 0 saturated heterocycles. The SMILES string of the molecule is Cc1cccc(CNC(=O)c2cncc(Cl)n2)n1. The van der Waals surface area contributed by atoms with E-state index in [0.29, 0.717) is 6.54 Å². The zero-order valence-corrected chi connectivity index (χ0v) is 10.5. The number of hydrogen-bond donors (Lipinski definition) is 1. The molecule has 0 unspecified atom stereocenters. The van der Waals surface area contributed by atoms with Crippen LogP contribution in [-0.2, 0) is 6.54 Å². The summed E-state index contributed by atoms with van der Waals surface area (Å²) in [6, 6.07) is 5.63. The van der Waals surface area contributed by atoms with Gasteiger partial charge < -0.3 is 5.32 Å². The van der Waals surface area contributed by atoms with Crippen LogP contribution >= 0.6 is 11.6 Å². The molecule has 0 bridgehead atoms. The minimum atomic E-state index is -0.326. The Balaban J connectivity index is 2.00. The second-order valence-electron chi connectivity index (χ2n) is 3.68. The Kier molecular flexibility index (Phi) is 3.84. The number of nitrogens with one attached hydrogen (secondary N) is 1. The van der Waals surface area contributed by atoms with E-state index in [4.69, 9.17) is 11.6 Å². The van der Waals surface area contributed by atoms with Gasteiger partial charge in [-0.2, -0.15) is 0 Å². The summed E-state index contributed by atoms with van der Waals surface area (Å²) in [4.78, 5) is 23.7. The molecule has 0 aromatic carbocycles. The molecule has 0 saturated carbocycles. The van der Waals surface area contributed by atoms with Crippen LogP contribution in [0.15, 0.2) is 30.6 Å². The number of aromatic nitrogens is 3. The Morgan fingerprint density at radius 3 is 2.89 bits per heavy atom. The monoisotopic (exact) mass is 262 g/mol. The third kappa shape index (κ3) is 3.24. The van der Waals surface area contributed by atoms with Crippen LogP contribution in [0, 0.1) is 6.92 Å². The van der Waals surface area contributed by atoms with Crippen molar-refractivity contribution in [2.75, 3.05) is 0 Å². The maximum atomic E-state index is 11.8. The van der Waals surface area contributed by atoms with Gasteiger partial charge in [-0.25, -0.2) is 4.98 Å². The molecule has 2 aromatic heterocycles. The highest BCUT2D eigenvalue weighted by Gasteiger charge is 2.08. The minimum Gasteiger partial charge on any atom is -0.345 e. The summed E-state index contributed by atoms with van der Waals surface area (Å²) in [5.74, 6) is -0.326. The van der Waals surface area contributed by atoms with Gasteiger partial charge in [-0.05, 0) is 19.1 Å². The first kappa shape index (κ1) is 12.4. The molecule has 0 fully saturated rings. The zero-order valence-electron chi connectivity index (χ0n) is 9.72. The number of hydrogen-bond acceptors (Lipinski definition) is 4. The molecule has 2 rings (SSSR count). The number of pyridine rings is 1. The smallest absolute Gasteiger partial charge is 0.271 e. The van der Waals surface area contributed by atoms with Crippen molar-refractivity contribution in [2.24, 2.45) is 0 Å². The first-order valence-electron chi connectivity index (χ1n) is 5.33. The highest BCUT2D eigenvalue weighted by atomic mass is 35.5. The molecule has 2 heterocycles. The van der Waals surface area contributed by atoms with Crippen LogP contribution in [0.25, 0.3) is 0 Å². The Morgan fingerprint density at radius 1 is 1.33 bits per heavy atom. The molecule has 92 valence electrons. The lowest BCUT2D eigenvalue weighted by Gasteiger charge is -2.04.